The molecule has 3 fully saturated rings. The van der Waals surface area contributed by atoms with E-state index in [2.05, 4.69) is 6.92 Å². The van der Waals surface area contributed by atoms with Crippen LogP contribution >= 0.6 is 0 Å². The minimum absolute atomic E-state index is 0.165. The summed E-state index contributed by atoms with van der Waals surface area (Å²) < 4.78 is 0. The summed E-state index contributed by atoms with van der Waals surface area (Å²) >= 11 is 0. The van der Waals surface area contributed by atoms with Gasteiger partial charge in [-0.15, -0.1) is 0 Å². The summed E-state index contributed by atoms with van der Waals surface area (Å²) in [5.41, 5.74) is 0.208. The van der Waals surface area contributed by atoms with Crippen LogP contribution in [0.2, 0.25) is 0 Å². The van der Waals surface area contributed by atoms with Gasteiger partial charge in [0.15, 0.2) is 0 Å². The second kappa shape index (κ2) is 5.62. The lowest BCUT2D eigenvalue weighted by atomic mass is 9.75. The quantitative estimate of drug-likeness (QED) is 0.785. The molecule has 0 aromatic carbocycles. The van der Waals surface area contributed by atoms with Gasteiger partial charge in [0.25, 0.3) is 0 Å². The van der Waals surface area contributed by atoms with Crippen molar-refractivity contribution in [2.75, 3.05) is 13.1 Å². The molecule has 2 aliphatic heterocycles. The number of carbonyl (C=O) groups excluding carboxylic acids is 2. The van der Waals surface area contributed by atoms with Crippen LogP contribution in [-0.2, 0) is 9.59 Å². The molecule has 0 bridgehead atoms. The first-order chi connectivity index (χ1) is 10.0. The lowest BCUT2D eigenvalue weighted by Gasteiger charge is -2.49. The first-order valence-corrected chi connectivity index (χ1v) is 8.63. The zero-order chi connectivity index (χ0) is 15.0. The van der Waals surface area contributed by atoms with Gasteiger partial charge in [0.1, 0.15) is 12.1 Å². The van der Waals surface area contributed by atoms with E-state index < -0.39 is 0 Å². The second-order valence-electron chi connectivity index (χ2n) is 7.56. The second-order valence-corrected chi connectivity index (χ2v) is 7.56. The van der Waals surface area contributed by atoms with E-state index in [4.69, 9.17) is 0 Å². The maximum atomic E-state index is 12.9. The summed E-state index contributed by atoms with van der Waals surface area (Å²) in [4.78, 5) is 29.2. The fourth-order valence-electron chi connectivity index (χ4n) is 4.40. The van der Waals surface area contributed by atoms with Crippen LogP contribution in [0.5, 0.6) is 0 Å². The van der Waals surface area contributed by atoms with E-state index in [-0.39, 0.29) is 29.3 Å². The Morgan fingerprint density at radius 1 is 1.05 bits per heavy atom. The molecule has 118 valence electrons. The van der Waals surface area contributed by atoms with Gasteiger partial charge in [0.2, 0.25) is 11.8 Å². The number of nitrogens with zero attached hydrogens (tertiary/aromatic N) is 2. The Hall–Kier alpha value is -1.06. The third kappa shape index (κ3) is 2.69. The van der Waals surface area contributed by atoms with Crippen molar-refractivity contribution in [3.63, 3.8) is 0 Å². The predicted octanol–water partition coefficient (Wildman–Crippen LogP) is 2.57. The largest absolute Gasteiger partial charge is 0.329 e. The molecule has 0 spiro atoms. The maximum absolute atomic E-state index is 12.9. The van der Waals surface area contributed by atoms with E-state index >= 15 is 0 Å². The molecule has 4 heteroatoms. The third-order valence-corrected chi connectivity index (χ3v) is 5.79. The van der Waals surface area contributed by atoms with E-state index in [1.54, 1.807) is 0 Å². The topological polar surface area (TPSA) is 40.6 Å². The summed E-state index contributed by atoms with van der Waals surface area (Å²) in [7, 11) is 0. The minimum atomic E-state index is -0.273. The highest BCUT2D eigenvalue weighted by atomic mass is 16.2. The molecule has 2 atom stereocenters. The Balaban J connectivity index is 1.77. The van der Waals surface area contributed by atoms with Crippen LogP contribution < -0.4 is 0 Å². The molecule has 2 amide bonds. The molecule has 1 saturated carbocycles. The van der Waals surface area contributed by atoms with Crippen LogP contribution in [0.25, 0.3) is 0 Å². The third-order valence-electron chi connectivity index (χ3n) is 5.79. The molecule has 2 heterocycles. The van der Waals surface area contributed by atoms with Crippen LogP contribution in [-0.4, -0.2) is 46.8 Å². The van der Waals surface area contributed by atoms with Gasteiger partial charge in [0, 0.05) is 13.1 Å². The summed E-state index contributed by atoms with van der Waals surface area (Å²) in [6.45, 7) is 5.74. The van der Waals surface area contributed by atoms with Gasteiger partial charge >= 0.3 is 0 Å². The number of piperazine rings is 1. The zero-order valence-electron chi connectivity index (χ0n) is 13.4. The molecule has 2 saturated heterocycles. The van der Waals surface area contributed by atoms with E-state index in [1.807, 2.05) is 16.7 Å². The molecule has 4 nitrogen and oxygen atoms in total. The highest BCUT2D eigenvalue weighted by molar-refractivity contribution is 5.97. The van der Waals surface area contributed by atoms with E-state index in [1.165, 1.54) is 32.1 Å². The molecule has 2 unspecified atom stereocenters. The van der Waals surface area contributed by atoms with Gasteiger partial charge in [0.05, 0.1) is 0 Å². The lowest BCUT2D eigenvalue weighted by Crippen LogP contribution is -2.66. The first-order valence-electron chi connectivity index (χ1n) is 8.63. The number of fused-ring (bicyclic) bond motifs is 1. The monoisotopic (exact) mass is 292 g/mol. The fraction of sp³-hybridized carbons (Fsp3) is 0.882. The molecular formula is C17H28N2O2. The van der Waals surface area contributed by atoms with Gasteiger partial charge in [-0.3, -0.25) is 9.59 Å². The van der Waals surface area contributed by atoms with Crippen molar-refractivity contribution in [1.82, 2.24) is 9.80 Å². The predicted molar refractivity (Wildman–Crippen MR) is 81.7 cm³/mol. The smallest absolute Gasteiger partial charge is 0.246 e. The Morgan fingerprint density at radius 2 is 1.76 bits per heavy atom. The highest BCUT2D eigenvalue weighted by Gasteiger charge is 2.46. The van der Waals surface area contributed by atoms with E-state index in [0.717, 1.165) is 32.4 Å². The number of piperidine rings is 1. The number of carbonyl (C=O) groups is 2. The van der Waals surface area contributed by atoms with Crippen molar-refractivity contribution in [2.24, 2.45) is 5.41 Å². The summed E-state index contributed by atoms with van der Waals surface area (Å²) in [6.07, 6.45) is 9.17. The number of amides is 2. The normalized spacial score (nSPS) is 33.0. The summed E-state index contributed by atoms with van der Waals surface area (Å²) in [5, 5.41) is 0. The zero-order valence-corrected chi connectivity index (χ0v) is 13.4. The van der Waals surface area contributed by atoms with Crippen molar-refractivity contribution < 1.29 is 9.59 Å². The van der Waals surface area contributed by atoms with Gasteiger partial charge in [-0.25, -0.2) is 0 Å². The molecule has 0 N–H and O–H groups in total. The van der Waals surface area contributed by atoms with Crippen molar-refractivity contribution >= 4 is 11.8 Å². The van der Waals surface area contributed by atoms with Gasteiger partial charge in [-0.1, -0.05) is 26.2 Å². The number of hydrogen-bond acceptors (Lipinski definition) is 2. The summed E-state index contributed by atoms with van der Waals surface area (Å²) in [5.74, 6) is 0.368. The van der Waals surface area contributed by atoms with Crippen LogP contribution in [0.15, 0.2) is 0 Å². The maximum Gasteiger partial charge on any atom is 0.246 e. The Bertz CT molecular complexity index is 429. The minimum Gasteiger partial charge on any atom is -0.329 e. The SMILES string of the molecule is CC1C(=O)N2CCCCC2C(=O)N1CC1(C)CCCCC1. The van der Waals surface area contributed by atoms with Crippen molar-refractivity contribution in [2.45, 2.75) is 77.3 Å². The molecule has 1 aliphatic carbocycles. The van der Waals surface area contributed by atoms with Crippen LogP contribution in [0, 0.1) is 5.41 Å². The molecule has 21 heavy (non-hydrogen) atoms. The molecule has 3 aliphatic rings. The van der Waals surface area contributed by atoms with Crippen LogP contribution in [0.4, 0.5) is 0 Å². The Labute approximate surface area is 127 Å². The van der Waals surface area contributed by atoms with Crippen molar-refractivity contribution in [1.29, 1.82) is 0 Å². The Kier molecular flexibility index (Phi) is 3.98. The average Bonchev–Trinajstić information content (AvgIpc) is 2.50. The standard InChI is InChI=1S/C17H28N2O2/c1-13-15(20)18-11-7-4-8-14(18)16(21)19(13)12-17(2)9-5-3-6-10-17/h13-14H,3-12H2,1-2H3. The molecule has 0 radical (unpaired) electrons. The average molecular weight is 292 g/mol. The molecule has 0 aromatic heterocycles. The van der Waals surface area contributed by atoms with Crippen LogP contribution in [0.3, 0.4) is 0 Å². The molecular weight excluding hydrogens is 264 g/mol. The van der Waals surface area contributed by atoms with Gasteiger partial charge < -0.3 is 9.80 Å². The first kappa shape index (κ1) is 14.9. The molecule has 3 rings (SSSR count). The van der Waals surface area contributed by atoms with Crippen molar-refractivity contribution in [3.05, 3.63) is 0 Å². The van der Waals surface area contributed by atoms with Crippen LogP contribution in [0.1, 0.15) is 65.2 Å². The highest BCUT2D eigenvalue weighted by Crippen LogP contribution is 2.38. The fourth-order valence-corrected chi connectivity index (χ4v) is 4.40. The number of rotatable bonds is 2. The summed E-state index contributed by atoms with van der Waals surface area (Å²) in [6, 6.07) is -0.444. The van der Waals surface area contributed by atoms with Crippen molar-refractivity contribution in [3.8, 4) is 0 Å². The van der Waals surface area contributed by atoms with E-state index in [9.17, 15) is 9.59 Å². The van der Waals surface area contributed by atoms with Gasteiger partial charge in [-0.05, 0) is 44.4 Å². The Morgan fingerprint density at radius 3 is 2.48 bits per heavy atom. The van der Waals surface area contributed by atoms with E-state index in [0.29, 0.717) is 0 Å². The number of hydrogen-bond donors (Lipinski definition) is 0. The lowest BCUT2D eigenvalue weighted by molar-refractivity contribution is -0.164. The molecule has 0 aromatic rings. The van der Waals surface area contributed by atoms with Gasteiger partial charge in [-0.2, -0.15) is 0 Å².